The zero-order valence-corrected chi connectivity index (χ0v) is 6.26. The summed E-state index contributed by atoms with van der Waals surface area (Å²) in [5.41, 5.74) is 2.73. The number of hydrogen-bond acceptors (Lipinski definition) is 1. The van der Waals surface area contributed by atoms with E-state index >= 15 is 0 Å². The molecule has 2 heterocycles. The Kier molecular flexibility index (Phi) is 1.25. The fourth-order valence-electron chi connectivity index (χ4n) is 1.18. The van der Waals surface area contributed by atoms with Crippen LogP contribution in [0.25, 0.3) is 11.0 Å². The summed E-state index contributed by atoms with van der Waals surface area (Å²) in [6, 6.07) is 3.80. The van der Waals surface area contributed by atoms with Crippen LogP contribution in [0.2, 0.25) is 0 Å². The van der Waals surface area contributed by atoms with Crippen molar-refractivity contribution in [1.82, 2.24) is 9.97 Å². The minimum atomic E-state index is 0.777. The first-order chi connectivity index (χ1) is 5.27. The number of rotatable bonds is 0. The third-order valence-electron chi connectivity index (χ3n) is 1.70. The maximum absolute atomic E-state index is 5.71. The molecule has 0 aliphatic rings. The smallest absolute Gasteiger partial charge is 0.136 e. The van der Waals surface area contributed by atoms with Crippen molar-refractivity contribution in [3.05, 3.63) is 24.0 Å². The van der Waals surface area contributed by atoms with E-state index in [0.717, 1.165) is 22.2 Å². The molecule has 0 aromatic carbocycles. The van der Waals surface area contributed by atoms with Gasteiger partial charge < -0.3 is 4.98 Å². The van der Waals surface area contributed by atoms with E-state index in [4.69, 9.17) is 7.85 Å². The average molecular weight is 142 g/mol. The fraction of sp³-hybridized carbons (Fsp3) is 0.125. The average Bonchev–Trinajstić information content (AvgIpc) is 2.31. The molecule has 52 valence electrons. The summed E-state index contributed by atoms with van der Waals surface area (Å²) >= 11 is 0. The molecule has 2 aromatic heterocycles. The standard InChI is InChI=1S/C8H7BN2/c1-5-4-6-7(9)2-3-10-8(6)11-5/h2-4H,1H3,(H,10,11). The molecule has 0 fully saturated rings. The summed E-state index contributed by atoms with van der Waals surface area (Å²) < 4.78 is 0. The molecule has 2 rings (SSSR count). The molecule has 0 amide bonds. The molecule has 1 N–H and O–H groups in total. The topological polar surface area (TPSA) is 28.7 Å². The highest BCUT2D eigenvalue weighted by molar-refractivity contribution is 6.38. The molecule has 0 atom stereocenters. The van der Waals surface area contributed by atoms with E-state index in [-0.39, 0.29) is 0 Å². The van der Waals surface area contributed by atoms with Crippen LogP contribution in [0.1, 0.15) is 5.69 Å². The van der Waals surface area contributed by atoms with Crippen LogP contribution >= 0.6 is 0 Å². The third-order valence-corrected chi connectivity index (χ3v) is 1.70. The van der Waals surface area contributed by atoms with Crippen molar-refractivity contribution in [1.29, 1.82) is 0 Å². The molecule has 2 radical (unpaired) electrons. The largest absolute Gasteiger partial charge is 0.344 e. The predicted octanol–water partition coefficient (Wildman–Crippen LogP) is 0.665. The van der Waals surface area contributed by atoms with E-state index in [1.807, 2.05) is 13.0 Å². The highest BCUT2D eigenvalue weighted by Crippen LogP contribution is 2.08. The van der Waals surface area contributed by atoms with E-state index in [1.165, 1.54) is 0 Å². The molecule has 2 aromatic rings. The van der Waals surface area contributed by atoms with Gasteiger partial charge in [0.15, 0.2) is 0 Å². The maximum atomic E-state index is 5.71. The maximum Gasteiger partial charge on any atom is 0.136 e. The molecular weight excluding hydrogens is 135 g/mol. The molecule has 2 nitrogen and oxygen atoms in total. The summed E-state index contributed by atoms with van der Waals surface area (Å²) in [4.78, 5) is 7.24. The second-order valence-corrected chi connectivity index (χ2v) is 2.61. The second kappa shape index (κ2) is 2.12. The Bertz CT molecular complexity index is 392. The molecule has 11 heavy (non-hydrogen) atoms. The van der Waals surface area contributed by atoms with Crippen LogP contribution in [-0.2, 0) is 0 Å². The molecule has 0 aliphatic heterocycles. The molecule has 0 unspecified atom stereocenters. The number of hydrogen-bond donors (Lipinski definition) is 1. The SMILES string of the molecule is [B]c1ccnc2[nH]c(C)cc12. The van der Waals surface area contributed by atoms with E-state index in [1.54, 1.807) is 12.3 Å². The monoisotopic (exact) mass is 142 g/mol. The van der Waals surface area contributed by atoms with Crippen LogP contribution in [0.5, 0.6) is 0 Å². The lowest BCUT2D eigenvalue weighted by Crippen LogP contribution is -2.02. The zero-order valence-electron chi connectivity index (χ0n) is 6.26. The third kappa shape index (κ3) is 0.927. The highest BCUT2D eigenvalue weighted by Gasteiger charge is 1.98. The molecule has 0 saturated carbocycles. The summed E-state index contributed by atoms with van der Waals surface area (Å²) in [6.07, 6.45) is 1.70. The van der Waals surface area contributed by atoms with Crippen LogP contribution in [0.15, 0.2) is 18.3 Å². The molecule has 0 spiro atoms. The van der Waals surface area contributed by atoms with Crippen molar-refractivity contribution >= 4 is 24.3 Å². The minimum Gasteiger partial charge on any atom is -0.344 e. The van der Waals surface area contributed by atoms with Gasteiger partial charge in [-0.1, -0.05) is 11.5 Å². The van der Waals surface area contributed by atoms with Gasteiger partial charge >= 0.3 is 0 Å². The van der Waals surface area contributed by atoms with Gasteiger partial charge in [0.1, 0.15) is 13.5 Å². The van der Waals surface area contributed by atoms with Crippen LogP contribution in [0.4, 0.5) is 0 Å². The number of aryl methyl sites for hydroxylation is 1. The van der Waals surface area contributed by atoms with Crippen molar-refractivity contribution in [3.8, 4) is 0 Å². The molecule has 0 bridgehead atoms. The van der Waals surface area contributed by atoms with Crippen LogP contribution < -0.4 is 5.46 Å². The van der Waals surface area contributed by atoms with Gasteiger partial charge in [-0.2, -0.15) is 0 Å². The molecule has 3 heteroatoms. The Morgan fingerprint density at radius 1 is 1.55 bits per heavy atom. The van der Waals surface area contributed by atoms with E-state index in [2.05, 4.69) is 9.97 Å². The summed E-state index contributed by atoms with van der Waals surface area (Å²) in [6.45, 7) is 1.99. The Morgan fingerprint density at radius 3 is 3.09 bits per heavy atom. The van der Waals surface area contributed by atoms with E-state index in [9.17, 15) is 0 Å². The van der Waals surface area contributed by atoms with Crippen molar-refractivity contribution in [2.24, 2.45) is 0 Å². The Morgan fingerprint density at radius 2 is 2.36 bits per heavy atom. The van der Waals surface area contributed by atoms with Gasteiger partial charge in [-0.15, -0.1) is 0 Å². The fourth-order valence-corrected chi connectivity index (χ4v) is 1.18. The van der Waals surface area contributed by atoms with Gasteiger partial charge in [0.2, 0.25) is 0 Å². The van der Waals surface area contributed by atoms with Gasteiger partial charge in [0.05, 0.1) is 0 Å². The Balaban J connectivity index is 2.90. The van der Waals surface area contributed by atoms with Gasteiger partial charge in [-0.3, -0.25) is 0 Å². The quantitative estimate of drug-likeness (QED) is 0.538. The minimum absolute atomic E-state index is 0.777. The number of H-pyrrole nitrogens is 1. The summed E-state index contributed by atoms with van der Waals surface area (Å²) in [5, 5.41) is 1.00. The normalized spacial score (nSPS) is 10.6. The highest BCUT2D eigenvalue weighted by atomic mass is 14.8. The summed E-state index contributed by atoms with van der Waals surface area (Å²) in [5.74, 6) is 0. The van der Waals surface area contributed by atoms with Gasteiger partial charge in [0.25, 0.3) is 0 Å². The lowest BCUT2D eigenvalue weighted by atomic mass is 9.94. The molecule has 0 aliphatic carbocycles. The number of aromatic amines is 1. The first kappa shape index (κ1) is 6.46. The number of fused-ring (bicyclic) bond motifs is 1. The van der Waals surface area contributed by atoms with Crippen LogP contribution in [0.3, 0.4) is 0 Å². The Labute approximate surface area is 66.1 Å². The van der Waals surface area contributed by atoms with E-state index < -0.39 is 0 Å². The van der Waals surface area contributed by atoms with Crippen LogP contribution in [-0.4, -0.2) is 17.8 Å². The number of pyridine rings is 1. The molecule has 0 saturated heterocycles. The van der Waals surface area contributed by atoms with Crippen molar-refractivity contribution < 1.29 is 0 Å². The second-order valence-electron chi connectivity index (χ2n) is 2.61. The van der Waals surface area contributed by atoms with Gasteiger partial charge in [0, 0.05) is 17.3 Å². The number of aromatic nitrogens is 2. The number of nitrogens with one attached hydrogen (secondary N) is 1. The Hall–Kier alpha value is -1.25. The first-order valence-electron chi connectivity index (χ1n) is 3.47. The van der Waals surface area contributed by atoms with Crippen molar-refractivity contribution in [3.63, 3.8) is 0 Å². The van der Waals surface area contributed by atoms with Crippen LogP contribution in [0, 0.1) is 6.92 Å². The lowest BCUT2D eigenvalue weighted by Gasteiger charge is -1.91. The van der Waals surface area contributed by atoms with Crippen molar-refractivity contribution in [2.75, 3.05) is 0 Å². The van der Waals surface area contributed by atoms with Gasteiger partial charge in [-0.05, 0) is 13.0 Å². The molecular formula is C8H7BN2. The number of nitrogens with zero attached hydrogens (tertiary/aromatic N) is 1. The zero-order chi connectivity index (χ0) is 7.84. The lowest BCUT2D eigenvalue weighted by molar-refractivity contribution is 1.25. The van der Waals surface area contributed by atoms with E-state index in [0.29, 0.717) is 0 Å². The predicted molar refractivity (Wildman–Crippen MR) is 46.2 cm³/mol. The first-order valence-corrected chi connectivity index (χ1v) is 3.47. The van der Waals surface area contributed by atoms with Gasteiger partial charge in [-0.25, -0.2) is 4.98 Å². The van der Waals surface area contributed by atoms with Crippen molar-refractivity contribution in [2.45, 2.75) is 6.92 Å². The summed E-state index contributed by atoms with van der Waals surface area (Å²) in [7, 11) is 5.71.